The second-order valence-corrected chi connectivity index (χ2v) is 5.08. The molecule has 0 radical (unpaired) electrons. The van der Waals surface area contributed by atoms with Gasteiger partial charge in [-0.3, -0.25) is 4.79 Å². The number of amides is 2. The minimum atomic E-state index is -0.539. The molecule has 0 aromatic carbocycles. The minimum absolute atomic E-state index is 0.0506. The van der Waals surface area contributed by atoms with Crippen LogP contribution >= 0.6 is 11.3 Å². The topological polar surface area (TPSA) is 71.5 Å². The summed E-state index contributed by atoms with van der Waals surface area (Å²) in [5, 5.41) is 5.23. The molecule has 1 aromatic rings. The van der Waals surface area contributed by atoms with Gasteiger partial charge in [-0.05, 0) is 12.8 Å². The van der Waals surface area contributed by atoms with Gasteiger partial charge in [0.2, 0.25) is 5.91 Å². The van der Waals surface area contributed by atoms with E-state index in [1.165, 1.54) is 43.2 Å². The average molecular weight is 269 g/mol. The van der Waals surface area contributed by atoms with E-state index in [4.69, 9.17) is 0 Å². The van der Waals surface area contributed by atoms with Crippen molar-refractivity contribution >= 4 is 28.5 Å². The Morgan fingerprint density at radius 1 is 1.61 bits per heavy atom. The van der Waals surface area contributed by atoms with Gasteiger partial charge in [-0.15, -0.1) is 11.3 Å². The number of aromatic nitrogens is 1. The van der Waals surface area contributed by atoms with Crippen LogP contribution in [0.1, 0.15) is 24.5 Å². The number of carbonyl (C=O) groups excluding carboxylic acids is 2. The number of ether oxygens (including phenoxy) is 1. The van der Waals surface area contributed by atoms with Crippen LogP contribution in [0.25, 0.3) is 0 Å². The van der Waals surface area contributed by atoms with Crippen molar-refractivity contribution in [2.75, 3.05) is 26.0 Å². The Balaban J connectivity index is 1.84. The van der Waals surface area contributed by atoms with Gasteiger partial charge in [-0.25, -0.2) is 9.78 Å². The normalized spacial score (nSPS) is 14.1. The second kappa shape index (κ2) is 5.34. The molecule has 0 bridgehead atoms. The molecular formula is C11H15N3O3S. The van der Waals surface area contributed by atoms with E-state index in [9.17, 15) is 9.59 Å². The number of likely N-dealkylation sites (N-methyl/N-ethyl adjacent to an activating group) is 1. The standard InChI is InChI=1S/C11H15N3O3S/c1-14(11(16)17-2)5-9(15)13-10-12-8(6-18-10)7-3-4-7/h6-7H,3-5H2,1-2H3,(H,12,13,15). The van der Waals surface area contributed by atoms with Gasteiger partial charge >= 0.3 is 6.09 Å². The first-order valence-corrected chi connectivity index (χ1v) is 6.52. The molecule has 1 aromatic heterocycles. The molecule has 98 valence electrons. The highest BCUT2D eigenvalue weighted by Crippen LogP contribution is 2.40. The number of hydrogen-bond donors (Lipinski definition) is 1. The molecule has 0 saturated heterocycles. The third-order valence-corrected chi connectivity index (χ3v) is 3.41. The zero-order chi connectivity index (χ0) is 13.1. The molecule has 6 nitrogen and oxygen atoms in total. The predicted molar refractivity (Wildman–Crippen MR) is 67.8 cm³/mol. The molecule has 1 aliphatic rings. The van der Waals surface area contributed by atoms with Crippen LogP contribution in [-0.4, -0.2) is 42.6 Å². The fourth-order valence-corrected chi connectivity index (χ4v) is 2.31. The maximum absolute atomic E-state index is 11.6. The van der Waals surface area contributed by atoms with Crippen LogP contribution in [-0.2, 0) is 9.53 Å². The van der Waals surface area contributed by atoms with E-state index in [1.807, 2.05) is 5.38 Å². The van der Waals surface area contributed by atoms with Crippen LogP contribution in [0.4, 0.5) is 9.93 Å². The summed E-state index contributed by atoms with van der Waals surface area (Å²) in [6.07, 6.45) is 1.83. The van der Waals surface area contributed by atoms with Gasteiger partial charge in [-0.1, -0.05) is 0 Å². The molecule has 1 heterocycles. The van der Waals surface area contributed by atoms with Crippen LogP contribution in [0.15, 0.2) is 5.38 Å². The third-order valence-electron chi connectivity index (χ3n) is 2.63. The Kier molecular flexibility index (Phi) is 3.81. The van der Waals surface area contributed by atoms with Crippen LogP contribution < -0.4 is 5.32 Å². The number of hydrogen-bond acceptors (Lipinski definition) is 5. The second-order valence-electron chi connectivity index (χ2n) is 4.23. The molecule has 0 atom stereocenters. The van der Waals surface area contributed by atoms with Crippen molar-refractivity contribution in [1.29, 1.82) is 0 Å². The lowest BCUT2D eigenvalue weighted by Crippen LogP contribution is -2.34. The first kappa shape index (κ1) is 12.8. The van der Waals surface area contributed by atoms with Gasteiger partial charge in [0.1, 0.15) is 6.54 Å². The van der Waals surface area contributed by atoms with Crippen molar-refractivity contribution in [2.24, 2.45) is 0 Å². The van der Waals surface area contributed by atoms with Crippen LogP contribution in [0.2, 0.25) is 0 Å². The fourth-order valence-electron chi connectivity index (χ4n) is 1.50. The van der Waals surface area contributed by atoms with Crippen LogP contribution in [0.3, 0.4) is 0 Å². The number of thiazole rings is 1. The number of nitrogens with zero attached hydrogens (tertiary/aromatic N) is 2. The molecule has 7 heteroatoms. The summed E-state index contributed by atoms with van der Waals surface area (Å²) in [5.74, 6) is 0.296. The lowest BCUT2D eigenvalue weighted by Gasteiger charge is -2.13. The maximum Gasteiger partial charge on any atom is 0.409 e. The van der Waals surface area contributed by atoms with E-state index in [2.05, 4.69) is 15.0 Å². The van der Waals surface area contributed by atoms with E-state index in [0.29, 0.717) is 11.0 Å². The highest BCUT2D eigenvalue weighted by Gasteiger charge is 2.26. The summed E-state index contributed by atoms with van der Waals surface area (Å²) in [6.45, 7) is -0.0506. The SMILES string of the molecule is COC(=O)N(C)CC(=O)Nc1nc(C2CC2)cs1. The van der Waals surface area contributed by atoms with Crippen LogP contribution in [0, 0.1) is 0 Å². The molecule has 1 N–H and O–H groups in total. The van der Waals surface area contributed by atoms with E-state index in [-0.39, 0.29) is 12.5 Å². The molecule has 2 amide bonds. The number of rotatable bonds is 4. The first-order chi connectivity index (χ1) is 8.60. The zero-order valence-corrected chi connectivity index (χ0v) is 11.1. The highest BCUT2D eigenvalue weighted by atomic mass is 32.1. The molecule has 0 unspecified atom stereocenters. The van der Waals surface area contributed by atoms with Gasteiger partial charge in [-0.2, -0.15) is 0 Å². The molecule has 0 aliphatic heterocycles. The zero-order valence-electron chi connectivity index (χ0n) is 10.3. The summed E-state index contributed by atoms with van der Waals surface area (Å²) in [5.41, 5.74) is 1.05. The molecule has 18 heavy (non-hydrogen) atoms. The maximum atomic E-state index is 11.6. The molecule has 1 fully saturated rings. The van der Waals surface area contributed by atoms with Crippen molar-refractivity contribution in [2.45, 2.75) is 18.8 Å². The van der Waals surface area contributed by atoms with E-state index in [0.717, 1.165) is 5.69 Å². The van der Waals surface area contributed by atoms with Crippen molar-refractivity contribution in [3.8, 4) is 0 Å². The third kappa shape index (κ3) is 3.19. The van der Waals surface area contributed by atoms with Crippen molar-refractivity contribution < 1.29 is 14.3 Å². The summed E-state index contributed by atoms with van der Waals surface area (Å²) in [7, 11) is 2.78. The summed E-state index contributed by atoms with van der Waals surface area (Å²) < 4.78 is 4.50. The number of anilines is 1. The van der Waals surface area contributed by atoms with Gasteiger partial charge < -0.3 is 15.0 Å². The lowest BCUT2D eigenvalue weighted by atomic mass is 10.3. The van der Waals surface area contributed by atoms with Crippen molar-refractivity contribution in [3.05, 3.63) is 11.1 Å². The lowest BCUT2D eigenvalue weighted by molar-refractivity contribution is -0.116. The van der Waals surface area contributed by atoms with Crippen LogP contribution in [0.5, 0.6) is 0 Å². The largest absolute Gasteiger partial charge is 0.453 e. The smallest absolute Gasteiger partial charge is 0.409 e. The summed E-state index contributed by atoms with van der Waals surface area (Å²) >= 11 is 1.41. The van der Waals surface area contributed by atoms with E-state index >= 15 is 0 Å². The Morgan fingerprint density at radius 2 is 2.33 bits per heavy atom. The molecule has 0 spiro atoms. The predicted octanol–water partition coefficient (Wildman–Crippen LogP) is 1.66. The van der Waals surface area contributed by atoms with Gasteiger partial charge in [0.15, 0.2) is 5.13 Å². The summed E-state index contributed by atoms with van der Waals surface area (Å²) in [6, 6.07) is 0. The van der Waals surface area contributed by atoms with Gasteiger partial charge in [0, 0.05) is 18.3 Å². The number of methoxy groups -OCH3 is 1. The molecule has 2 rings (SSSR count). The first-order valence-electron chi connectivity index (χ1n) is 5.64. The number of carbonyl (C=O) groups is 2. The average Bonchev–Trinajstić information content (AvgIpc) is 3.09. The molecule has 1 saturated carbocycles. The van der Waals surface area contributed by atoms with Crippen molar-refractivity contribution in [3.63, 3.8) is 0 Å². The quantitative estimate of drug-likeness (QED) is 0.902. The molecular weight excluding hydrogens is 254 g/mol. The Morgan fingerprint density at radius 3 is 2.94 bits per heavy atom. The Hall–Kier alpha value is -1.63. The van der Waals surface area contributed by atoms with E-state index < -0.39 is 6.09 Å². The minimum Gasteiger partial charge on any atom is -0.453 e. The monoisotopic (exact) mass is 269 g/mol. The van der Waals surface area contributed by atoms with Crippen molar-refractivity contribution in [1.82, 2.24) is 9.88 Å². The Labute approximate surface area is 109 Å². The molecule has 1 aliphatic carbocycles. The fraction of sp³-hybridized carbons (Fsp3) is 0.545. The van der Waals surface area contributed by atoms with E-state index in [1.54, 1.807) is 0 Å². The van der Waals surface area contributed by atoms with Gasteiger partial charge in [0.25, 0.3) is 0 Å². The summed E-state index contributed by atoms with van der Waals surface area (Å²) in [4.78, 5) is 28.3. The highest BCUT2D eigenvalue weighted by molar-refractivity contribution is 7.13. The number of nitrogens with one attached hydrogen (secondary N) is 1. The van der Waals surface area contributed by atoms with Gasteiger partial charge in [0.05, 0.1) is 12.8 Å². The Bertz CT molecular complexity index is 456.